The summed E-state index contributed by atoms with van der Waals surface area (Å²) < 4.78 is 22.8. The van der Waals surface area contributed by atoms with Gasteiger partial charge in [-0.15, -0.1) is 0 Å². The molecule has 3 N–H and O–H groups in total. The van der Waals surface area contributed by atoms with Gasteiger partial charge in [-0.3, -0.25) is 14.2 Å². The monoisotopic (exact) mass is 405 g/mol. The van der Waals surface area contributed by atoms with Crippen LogP contribution in [0, 0.1) is 0 Å². The molecule has 9 heteroatoms. The predicted molar refractivity (Wildman–Crippen MR) is 88.5 cm³/mol. The number of hydrogen-bond donors (Lipinski definition) is 3. The van der Waals surface area contributed by atoms with E-state index in [0.717, 1.165) is 9.99 Å². The Hall–Kier alpha value is -1.34. The largest absolute Gasteiger partial charge is 0.527 e. The number of H-pyrrole nitrogens is 1. The van der Waals surface area contributed by atoms with Gasteiger partial charge in [0.1, 0.15) is 0 Å². The van der Waals surface area contributed by atoms with Crippen LogP contribution < -0.4 is 4.52 Å². The van der Waals surface area contributed by atoms with Crippen LogP contribution in [0.2, 0.25) is 0 Å². The number of halogens is 1. The highest BCUT2D eigenvalue weighted by Gasteiger charge is 2.24. The first-order chi connectivity index (χ1) is 10.9. The highest BCUT2D eigenvalue weighted by Crippen LogP contribution is 2.46. The molecule has 23 heavy (non-hydrogen) atoms. The molecular formula is C14H17BrNO6P. The third-order valence-electron chi connectivity index (χ3n) is 3.11. The molecule has 1 atom stereocenters. The highest BCUT2D eigenvalue weighted by atomic mass is 79.9. The first-order valence-corrected chi connectivity index (χ1v) is 9.31. The van der Waals surface area contributed by atoms with Crippen molar-refractivity contribution in [3.05, 3.63) is 28.9 Å². The number of carbonyl (C=O) groups is 1. The van der Waals surface area contributed by atoms with Crippen LogP contribution in [0.5, 0.6) is 5.75 Å². The number of phosphoric acid groups is 1. The van der Waals surface area contributed by atoms with Crippen molar-refractivity contribution in [1.82, 2.24) is 4.98 Å². The minimum atomic E-state index is -4.22. The molecule has 0 amide bonds. The lowest BCUT2D eigenvalue weighted by atomic mass is 10.2. The van der Waals surface area contributed by atoms with E-state index in [1.54, 1.807) is 6.07 Å². The quantitative estimate of drug-likeness (QED) is 0.428. The summed E-state index contributed by atoms with van der Waals surface area (Å²) >= 11 is 3.33. The van der Waals surface area contributed by atoms with Crippen LogP contribution in [0.15, 0.2) is 28.9 Å². The summed E-state index contributed by atoms with van der Waals surface area (Å²) in [5.74, 6) is -0.620. The van der Waals surface area contributed by atoms with Crippen molar-refractivity contribution in [3.8, 4) is 5.75 Å². The normalized spacial score (nSPS) is 13.8. The van der Waals surface area contributed by atoms with E-state index in [0.29, 0.717) is 24.6 Å². The van der Waals surface area contributed by atoms with Crippen LogP contribution in [0.1, 0.15) is 25.7 Å². The Morgan fingerprint density at radius 2 is 2.09 bits per heavy atom. The Kier molecular flexibility index (Phi) is 6.24. The molecule has 1 aromatic carbocycles. The number of phosphoric ester groups is 1. The second-order valence-electron chi connectivity index (χ2n) is 4.94. The van der Waals surface area contributed by atoms with Gasteiger partial charge >= 0.3 is 13.8 Å². The number of aromatic amines is 1. The van der Waals surface area contributed by atoms with E-state index < -0.39 is 13.8 Å². The second-order valence-corrected chi connectivity index (χ2v) is 7.23. The number of unbranched alkanes of at least 4 members (excludes halogenated alkanes) is 2. The zero-order valence-corrected chi connectivity index (χ0v) is 14.7. The van der Waals surface area contributed by atoms with E-state index in [2.05, 4.69) is 20.9 Å². The van der Waals surface area contributed by atoms with Gasteiger partial charge in [0.2, 0.25) is 0 Å². The zero-order chi connectivity index (χ0) is 16.9. The molecule has 7 nitrogen and oxygen atoms in total. The van der Waals surface area contributed by atoms with Gasteiger partial charge in [-0.2, -0.15) is 0 Å². The number of rotatable bonds is 9. The maximum atomic E-state index is 11.9. The molecule has 0 radical (unpaired) electrons. The van der Waals surface area contributed by atoms with E-state index in [4.69, 9.17) is 14.2 Å². The number of carboxylic acid groups (broad SMARTS) is 1. The van der Waals surface area contributed by atoms with Crippen molar-refractivity contribution in [3.63, 3.8) is 0 Å². The summed E-state index contributed by atoms with van der Waals surface area (Å²) in [7, 11) is -4.22. The Labute approximate surface area is 141 Å². The van der Waals surface area contributed by atoms with Crippen LogP contribution in [0.3, 0.4) is 0 Å². The first-order valence-electron chi connectivity index (χ1n) is 7.03. The number of fused-ring (bicyclic) bond motifs is 1. The lowest BCUT2D eigenvalue weighted by Gasteiger charge is -2.12. The number of aliphatic carboxylic acids is 1. The van der Waals surface area contributed by atoms with Gasteiger partial charge < -0.3 is 14.6 Å². The second kappa shape index (κ2) is 7.97. The van der Waals surface area contributed by atoms with E-state index >= 15 is 0 Å². The minimum Gasteiger partial charge on any atom is -0.481 e. The fraction of sp³-hybridized carbons (Fsp3) is 0.357. The van der Waals surface area contributed by atoms with Gasteiger partial charge in [0, 0.05) is 28.0 Å². The number of hydrogen-bond acceptors (Lipinski definition) is 4. The van der Waals surface area contributed by atoms with Gasteiger partial charge in [-0.25, -0.2) is 4.57 Å². The smallest absolute Gasteiger partial charge is 0.481 e. The molecule has 0 spiro atoms. The summed E-state index contributed by atoms with van der Waals surface area (Å²) in [6.07, 6.45) is 3.17. The number of aromatic nitrogens is 1. The van der Waals surface area contributed by atoms with Crippen LogP contribution in [-0.2, 0) is 13.9 Å². The van der Waals surface area contributed by atoms with Crippen molar-refractivity contribution in [2.24, 2.45) is 0 Å². The Morgan fingerprint density at radius 3 is 2.83 bits per heavy atom. The average Bonchev–Trinajstić information content (AvgIpc) is 2.84. The lowest BCUT2D eigenvalue weighted by Crippen LogP contribution is -2.00. The Bertz CT molecular complexity index is 731. The number of benzene rings is 1. The van der Waals surface area contributed by atoms with Crippen LogP contribution >= 0.6 is 23.8 Å². The molecule has 0 fully saturated rings. The van der Waals surface area contributed by atoms with Crippen molar-refractivity contribution in [1.29, 1.82) is 0 Å². The molecule has 0 bridgehead atoms. The molecule has 0 aliphatic carbocycles. The van der Waals surface area contributed by atoms with E-state index in [1.807, 2.05) is 12.1 Å². The van der Waals surface area contributed by atoms with Crippen LogP contribution in [0.4, 0.5) is 0 Å². The van der Waals surface area contributed by atoms with Gasteiger partial charge in [-0.1, -0.05) is 22.4 Å². The minimum absolute atomic E-state index is 0.0272. The topological polar surface area (TPSA) is 109 Å². The zero-order valence-electron chi connectivity index (χ0n) is 12.2. The molecule has 1 heterocycles. The molecule has 1 unspecified atom stereocenters. The molecule has 0 saturated heterocycles. The predicted octanol–water partition coefficient (Wildman–Crippen LogP) is 4.07. The SMILES string of the molecule is O=C(O)CCCCCOP(=O)(O)Oc1c[nH]c2ccc(Br)cc12. The molecule has 2 aromatic rings. The molecule has 0 saturated carbocycles. The Balaban J connectivity index is 1.86. The standard InChI is InChI=1S/C14H17BrNO6P/c15-10-5-6-12-11(8-10)13(9-16-12)22-23(19,20)21-7-3-1-2-4-14(17)18/h5-6,8-9,16H,1-4,7H2,(H,17,18)(H,19,20). The molecule has 0 aliphatic heterocycles. The summed E-state index contributed by atoms with van der Waals surface area (Å²) in [6.45, 7) is 0.0272. The van der Waals surface area contributed by atoms with Crippen molar-refractivity contribution >= 4 is 40.6 Å². The van der Waals surface area contributed by atoms with Crippen molar-refractivity contribution in [2.75, 3.05) is 6.61 Å². The number of carboxylic acids is 1. The number of nitrogens with one attached hydrogen (secondary N) is 1. The van der Waals surface area contributed by atoms with Crippen molar-refractivity contribution < 1.29 is 28.4 Å². The van der Waals surface area contributed by atoms with Gasteiger partial charge in [0.15, 0.2) is 5.75 Å². The van der Waals surface area contributed by atoms with Crippen molar-refractivity contribution in [2.45, 2.75) is 25.7 Å². The fourth-order valence-electron chi connectivity index (χ4n) is 2.03. The highest BCUT2D eigenvalue weighted by molar-refractivity contribution is 9.10. The van der Waals surface area contributed by atoms with E-state index in [1.165, 1.54) is 6.20 Å². The summed E-state index contributed by atoms with van der Waals surface area (Å²) in [5.41, 5.74) is 0.775. The van der Waals surface area contributed by atoms with Crippen LogP contribution in [-0.4, -0.2) is 27.6 Å². The lowest BCUT2D eigenvalue weighted by molar-refractivity contribution is -0.137. The average molecular weight is 406 g/mol. The van der Waals surface area contributed by atoms with Gasteiger partial charge in [-0.05, 0) is 31.0 Å². The van der Waals surface area contributed by atoms with E-state index in [9.17, 15) is 14.3 Å². The molecule has 126 valence electrons. The summed E-state index contributed by atoms with van der Waals surface area (Å²) in [4.78, 5) is 23.1. The fourth-order valence-corrected chi connectivity index (χ4v) is 3.20. The van der Waals surface area contributed by atoms with Gasteiger partial charge in [0.05, 0.1) is 6.61 Å². The third-order valence-corrected chi connectivity index (χ3v) is 4.54. The van der Waals surface area contributed by atoms with Gasteiger partial charge in [0.25, 0.3) is 0 Å². The first kappa shape index (κ1) is 18.0. The molecule has 2 rings (SSSR count). The Morgan fingerprint density at radius 1 is 1.30 bits per heavy atom. The van der Waals surface area contributed by atoms with E-state index in [-0.39, 0.29) is 18.8 Å². The third kappa shape index (κ3) is 5.66. The maximum Gasteiger partial charge on any atom is 0.527 e. The molecular weight excluding hydrogens is 389 g/mol. The van der Waals surface area contributed by atoms with Crippen LogP contribution in [0.25, 0.3) is 10.9 Å². The molecule has 0 aliphatic rings. The maximum absolute atomic E-state index is 11.9. The summed E-state index contributed by atoms with van der Waals surface area (Å²) in [6, 6.07) is 5.43. The summed E-state index contributed by atoms with van der Waals surface area (Å²) in [5, 5.41) is 9.17. The molecule has 1 aromatic heterocycles.